The van der Waals surface area contributed by atoms with Gasteiger partial charge in [-0.3, -0.25) is 9.69 Å². The average Bonchev–Trinajstić information content (AvgIpc) is 3.21. The lowest BCUT2D eigenvalue weighted by Crippen LogP contribution is -2.36. The Kier molecular flexibility index (Phi) is 5.53. The summed E-state index contributed by atoms with van der Waals surface area (Å²) in [7, 11) is 0. The summed E-state index contributed by atoms with van der Waals surface area (Å²) in [5, 5.41) is 8.45. The van der Waals surface area contributed by atoms with Crippen molar-refractivity contribution in [3.63, 3.8) is 0 Å². The van der Waals surface area contributed by atoms with Crippen LogP contribution in [0.1, 0.15) is 59.8 Å². The summed E-state index contributed by atoms with van der Waals surface area (Å²) in [6.45, 7) is 6.99. The second-order valence-corrected chi connectivity index (χ2v) is 7.87. The molecule has 2 fully saturated rings. The summed E-state index contributed by atoms with van der Waals surface area (Å²) < 4.78 is 1.92. The maximum Gasteiger partial charge on any atom is 0.276 e. The molecule has 0 aliphatic carbocycles. The largest absolute Gasteiger partial charge is 0.337 e. The maximum absolute atomic E-state index is 12.6. The fourth-order valence-corrected chi connectivity index (χ4v) is 4.18. The number of carbonyl (C=O) groups is 1. The van der Waals surface area contributed by atoms with Gasteiger partial charge in [-0.1, -0.05) is 29.5 Å². The minimum Gasteiger partial charge on any atom is -0.337 e. The van der Waals surface area contributed by atoms with Crippen molar-refractivity contribution >= 4 is 5.91 Å². The molecule has 6 nitrogen and oxygen atoms in total. The van der Waals surface area contributed by atoms with Gasteiger partial charge in [0, 0.05) is 32.7 Å². The van der Waals surface area contributed by atoms with E-state index in [1.165, 1.54) is 17.5 Å². The topological polar surface area (TPSA) is 54.3 Å². The van der Waals surface area contributed by atoms with E-state index < -0.39 is 0 Å². The van der Waals surface area contributed by atoms with Crippen LogP contribution >= 0.6 is 0 Å². The van der Waals surface area contributed by atoms with E-state index in [-0.39, 0.29) is 5.91 Å². The van der Waals surface area contributed by atoms with Crippen molar-refractivity contribution in [1.82, 2.24) is 24.8 Å². The van der Waals surface area contributed by atoms with E-state index in [0.717, 1.165) is 58.4 Å². The van der Waals surface area contributed by atoms with Gasteiger partial charge >= 0.3 is 0 Å². The third-order valence-electron chi connectivity index (χ3n) is 5.96. The number of hydrogen-bond donors (Lipinski definition) is 0. The molecule has 1 aromatic carbocycles. The van der Waals surface area contributed by atoms with E-state index in [4.69, 9.17) is 0 Å². The Morgan fingerprint density at radius 1 is 1.07 bits per heavy atom. The molecule has 0 atom stereocenters. The molecule has 144 valence electrons. The molecule has 2 aliphatic rings. The van der Waals surface area contributed by atoms with Gasteiger partial charge in [0.15, 0.2) is 5.69 Å². The fourth-order valence-electron chi connectivity index (χ4n) is 4.18. The van der Waals surface area contributed by atoms with Crippen LogP contribution in [0.4, 0.5) is 0 Å². The molecule has 6 heteroatoms. The Bertz CT molecular complexity index is 772. The summed E-state index contributed by atoms with van der Waals surface area (Å²) in [4.78, 5) is 17.0. The zero-order valence-corrected chi connectivity index (χ0v) is 16.2. The molecule has 3 heterocycles. The number of carbonyl (C=O) groups excluding carboxylic acids is 1. The van der Waals surface area contributed by atoms with Gasteiger partial charge in [-0.25, -0.2) is 4.68 Å². The minimum absolute atomic E-state index is 0.0398. The standard InChI is InChI=1S/C21H29N5O/c1-17-7-3-4-8-18(17)15-24-13-9-19(10-14-24)26-16-20(22-23-26)21(27)25-11-5-2-6-12-25/h3-4,7-8,16,19H,2,5-6,9-15H2,1H3. The number of piperidine rings is 2. The van der Waals surface area contributed by atoms with Gasteiger partial charge in [0.2, 0.25) is 0 Å². The van der Waals surface area contributed by atoms with Gasteiger partial charge in [-0.2, -0.15) is 0 Å². The molecule has 0 bridgehead atoms. The van der Waals surface area contributed by atoms with Crippen LogP contribution < -0.4 is 0 Å². The normalized spacial score (nSPS) is 19.4. The van der Waals surface area contributed by atoms with E-state index in [1.54, 1.807) is 0 Å². The highest BCUT2D eigenvalue weighted by Gasteiger charge is 2.25. The SMILES string of the molecule is Cc1ccccc1CN1CCC(n2cc(C(=O)N3CCCCC3)nn2)CC1. The molecule has 0 N–H and O–H groups in total. The summed E-state index contributed by atoms with van der Waals surface area (Å²) in [5.41, 5.74) is 3.27. The fraction of sp³-hybridized carbons (Fsp3) is 0.571. The number of likely N-dealkylation sites (tertiary alicyclic amines) is 2. The molecule has 2 saturated heterocycles. The van der Waals surface area contributed by atoms with Crippen LogP contribution in [0.25, 0.3) is 0 Å². The molecule has 1 aromatic heterocycles. The molecule has 0 saturated carbocycles. The van der Waals surface area contributed by atoms with Crippen molar-refractivity contribution in [2.75, 3.05) is 26.2 Å². The molecule has 0 unspecified atom stereocenters. The maximum atomic E-state index is 12.6. The third-order valence-corrected chi connectivity index (χ3v) is 5.96. The van der Waals surface area contributed by atoms with Crippen molar-refractivity contribution in [1.29, 1.82) is 0 Å². The lowest BCUT2D eigenvalue weighted by molar-refractivity contribution is 0.0718. The van der Waals surface area contributed by atoms with E-state index in [0.29, 0.717) is 11.7 Å². The van der Waals surface area contributed by atoms with Gasteiger partial charge in [0.1, 0.15) is 0 Å². The van der Waals surface area contributed by atoms with Crippen LogP contribution in [0.15, 0.2) is 30.5 Å². The van der Waals surface area contributed by atoms with Gasteiger partial charge in [0.25, 0.3) is 5.91 Å². The Labute approximate surface area is 161 Å². The van der Waals surface area contributed by atoms with Crippen molar-refractivity contribution in [2.45, 2.75) is 51.6 Å². The summed E-state index contributed by atoms with van der Waals surface area (Å²) in [6, 6.07) is 8.95. The smallest absolute Gasteiger partial charge is 0.276 e. The van der Waals surface area contributed by atoms with Crippen LogP contribution in [0, 0.1) is 6.92 Å². The molecule has 2 aromatic rings. The number of rotatable bonds is 4. The van der Waals surface area contributed by atoms with Gasteiger partial charge in [-0.05, 0) is 50.2 Å². The van der Waals surface area contributed by atoms with E-state index in [1.807, 2.05) is 15.8 Å². The van der Waals surface area contributed by atoms with Crippen molar-refractivity contribution < 1.29 is 4.79 Å². The minimum atomic E-state index is 0.0398. The van der Waals surface area contributed by atoms with Gasteiger partial charge in [0.05, 0.1) is 12.2 Å². The Morgan fingerprint density at radius 3 is 2.56 bits per heavy atom. The average molecular weight is 367 g/mol. The predicted molar refractivity (Wildman–Crippen MR) is 105 cm³/mol. The lowest BCUT2D eigenvalue weighted by atomic mass is 10.0. The molecular weight excluding hydrogens is 338 g/mol. The van der Waals surface area contributed by atoms with Crippen molar-refractivity contribution in [3.05, 3.63) is 47.3 Å². The first-order valence-electron chi connectivity index (χ1n) is 10.2. The van der Waals surface area contributed by atoms with Crippen molar-refractivity contribution in [2.24, 2.45) is 0 Å². The number of aryl methyl sites for hydroxylation is 1. The summed E-state index contributed by atoms with van der Waals surface area (Å²) in [5.74, 6) is 0.0398. The van der Waals surface area contributed by atoms with Crippen LogP contribution in [0.3, 0.4) is 0 Å². The Balaban J connectivity index is 1.33. The van der Waals surface area contributed by atoms with Crippen LogP contribution in [-0.4, -0.2) is 56.9 Å². The highest BCUT2D eigenvalue weighted by Crippen LogP contribution is 2.24. The first kappa shape index (κ1) is 18.2. The highest BCUT2D eigenvalue weighted by atomic mass is 16.2. The molecule has 2 aliphatic heterocycles. The molecule has 1 amide bonds. The predicted octanol–water partition coefficient (Wildman–Crippen LogP) is 3.05. The van der Waals surface area contributed by atoms with Gasteiger partial charge < -0.3 is 4.90 Å². The molecular formula is C21H29N5O. The second kappa shape index (κ2) is 8.21. The molecule has 4 rings (SSSR count). The van der Waals surface area contributed by atoms with Crippen LogP contribution in [0.2, 0.25) is 0 Å². The number of amides is 1. The van der Waals surface area contributed by atoms with E-state index in [2.05, 4.69) is 46.4 Å². The first-order valence-corrected chi connectivity index (χ1v) is 10.2. The number of hydrogen-bond acceptors (Lipinski definition) is 4. The summed E-state index contributed by atoms with van der Waals surface area (Å²) >= 11 is 0. The second-order valence-electron chi connectivity index (χ2n) is 7.87. The quantitative estimate of drug-likeness (QED) is 0.833. The zero-order chi connectivity index (χ0) is 18.6. The summed E-state index contributed by atoms with van der Waals surface area (Å²) in [6.07, 6.45) is 7.37. The number of aromatic nitrogens is 3. The third kappa shape index (κ3) is 4.21. The van der Waals surface area contributed by atoms with Crippen molar-refractivity contribution in [3.8, 4) is 0 Å². The van der Waals surface area contributed by atoms with E-state index in [9.17, 15) is 4.79 Å². The highest BCUT2D eigenvalue weighted by molar-refractivity contribution is 5.91. The number of nitrogens with zero attached hydrogens (tertiary/aromatic N) is 5. The van der Waals surface area contributed by atoms with Crippen LogP contribution in [0.5, 0.6) is 0 Å². The molecule has 0 radical (unpaired) electrons. The van der Waals surface area contributed by atoms with E-state index >= 15 is 0 Å². The monoisotopic (exact) mass is 367 g/mol. The number of benzene rings is 1. The van der Waals surface area contributed by atoms with Gasteiger partial charge in [-0.15, -0.1) is 5.10 Å². The molecule has 27 heavy (non-hydrogen) atoms. The Hall–Kier alpha value is -2.21. The molecule has 0 spiro atoms. The Morgan fingerprint density at radius 2 is 1.81 bits per heavy atom. The zero-order valence-electron chi connectivity index (χ0n) is 16.2. The lowest BCUT2D eigenvalue weighted by Gasteiger charge is -2.32. The first-order chi connectivity index (χ1) is 13.2. The van der Waals surface area contributed by atoms with Crippen LogP contribution in [-0.2, 0) is 6.54 Å².